The Hall–Kier alpha value is -2.17. The maximum Gasteiger partial charge on any atom is 0.147 e. The minimum Gasteiger partial charge on any atom is -0.306 e. The first-order chi connectivity index (χ1) is 8.10. The molecule has 0 saturated heterocycles. The summed E-state index contributed by atoms with van der Waals surface area (Å²) >= 11 is 6.09. The second-order valence-corrected chi connectivity index (χ2v) is 3.80. The number of hydrogen-bond acceptors (Lipinski definition) is 4. The second-order valence-electron chi connectivity index (χ2n) is 3.42. The molecule has 0 aliphatic carbocycles. The molecule has 0 amide bonds. The molecule has 0 aliphatic rings. The van der Waals surface area contributed by atoms with Crippen molar-refractivity contribution in [1.29, 1.82) is 10.5 Å². The van der Waals surface area contributed by atoms with Gasteiger partial charge in [0.15, 0.2) is 0 Å². The molecule has 1 rings (SSSR count). The van der Waals surface area contributed by atoms with E-state index in [-0.39, 0.29) is 5.57 Å². The van der Waals surface area contributed by atoms with Crippen molar-refractivity contribution in [3.05, 3.63) is 40.1 Å². The number of anilines is 1. The van der Waals surface area contributed by atoms with E-state index < -0.39 is 0 Å². The van der Waals surface area contributed by atoms with Gasteiger partial charge in [-0.05, 0) is 31.0 Å². The molecule has 5 heteroatoms. The molecular weight excluding hydrogens is 236 g/mol. The van der Waals surface area contributed by atoms with Gasteiger partial charge in [0, 0.05) is 11.2 Å². The number of hydrazine groups is 1. The summed E-state index contributed by atoms with van der Waals surface area (Å²) in [5.74, 6) is 0. The number of nitrogens with one attached hydrogen (secondary N) is 2. The molecule has 4 nitrogen and oxygen atoms in total. The molecule has 0 fully saturated rings. The maximum atomic E-state index is 8.53. The normalized spacial score (nSPS) is 8.76. The van der Waals surface area contributed by atoms with Gasteiger partial charge in [-0.2, -0.15) is 10.5 Å². The highest BCUT2D eigenvalue weighted by Gasteiger charge is 2.04. The van der Waals surface area contributed by atoms with Crippen LogP contribution in [0.25, 0.3) is 0 Å². The van der Waals surface area contributed by atoms with Crippen LogP contribution in [0.1, 0.15) is 11.1 Å². The van der Waals surface area contributed by atoms with Gasteiger partial charge in [0.25, 0.3) is 0 Å². The zero-order valence-corrected chi connectivity index (χ0v) is 10.3. The van der Waals surface area contributed by atoms with Crippen LogP contribution in [0.2, 0.25) is 5.02 Å². The molecule has 17 heavy (non-hydrogen) atoms. The third-order valence-electron chi connectivity index (χ3n) is 2.24. The minimum atomic E-state index is -0.00615. The Morgan fingerprint density at radius 3 is 2.53 bits per heavy atom. The summed E-state index contributed by atoms with van der Waals surface area (Å²) in [5, 5.41) is 17.8. The molecule has 0 heterocycles. The van der Waals surface area contributed by atoms with Crippen molar-refractivity contribution in [2.75, 3.05) is 5.43 Å². The molecule has 0 spiro atoms. The Morgan fingerprint density at radius 1 is 1.29 bits per heavy atom. The number of nitriles is 2. The fourth-order valence-electron chi connectivity index (χ4n) is 1.23. The number of halogens is 1. The van der Waals surface area contributed by atoms with Gasteiger partial charge >= 0.3 is 0 Å². The monoisotopic (exact) mass is 246 g/mol. The number of aryl methyl sites for hydroxylation is 1. The third kappa shape index (κ3) is 3.14. The molecular formula is C12H11ClN4. The van der Waals surface area contributed by atoms with E-state index in [1.807, 2.05) is 26.0 Å². The van der Waals surface area contributed by atoms with Crippen molar-refractivity contribution in [3.8, 4) is 12.1 Å². The number of hydrogen-bond donors (Lipinski definition) is 2. The molecule has 0 atom stereocenters. The summed E-state index contributed by atoms with van der Waals surface area (Å²) in [4.78, 5) is 0. The molecule has 86 valence electrons. The lowest BCUT2D eigenvalue weighted by Gasteiger charge is -2.11. The fourth-order valence-corrected chi connectivity index (χ4v) is 1.40. The van der Waals surface area contributed by atoms with Crippen LogP contribution in [0.4, 0.5) is 5.69 Å². The van der Waals surface area contributed by atoms with Crippen LogP contribution in [0, 0.1) is 36.5 Å². The van der Waals surface area contributed by atoms with Crippen molar-refractivity contribution >= 4 is 17.3 Å². The van der Waals surface area contributed by atoms with E-state index in [4.69, 9.17) is 22.1 Å². The summed E-state index contributed by atoms with van der Waals surface area (Å²) in [6.07, 6.45) is 1.30. The first kappa shape index (κ1) is 12.9. The fraction of sp³-hybridized carbons (Fsp3) is 0.167. The van der Waals surface area contributed by atoms with Crippen molar-refractivity contribution in [1.82, 2.24) is 5.43 Å². The highest BCUT2D eigenvalue weighted by Crippen LogP contribution is 2.26. The molecule has 1 aromatic carbocycles. The summed E-state index contributed by atoms with van der Waals surface area (Å²) in [7, 11) is 0. The molecule has 0 bridgehead atoms. The van der Waals surface area contributed by atoms with Gasteiger partial charge in [0.05, 0.1) is 5.69 Å². The van der Waals surface area contributed by atoms with Crippen molar-refractivity contribution in [3.63, 3.8) is 0 Å². The van der Waals surface area contributed by atoms with Gasteiger partial charge in [-0.25, -0.2) is 0 Å². The smallest absolute Gasteiger partial charge is 0.147 e. The SMILES string of the molecule is Cc1ccc(NNC=C(C#N)C#N)c(C)c1Cl. The topological polar surface area (TPSA) is 71.6 Å². The van der Waals surface area contributed by atoms with Crippen LogP contribution in [0.15, 0.2) is 23.9 Å². The van der Waals surface area contributed by atoms with Gasteiger partial charge < -0.3 is 10.9 Å². The van der Waals surface area contributed by atoms with E-state index in [0.717, 1.165) is 16.8 Å². The lowest BCUT2D eigenvalue weighted by molar-refractivity contribution is 1.04. The van der Waals surface area contributed by atoms with Gasteiger partial charge in [0.2, 0.25) is 0 Å². The number of rotatable bonds is 3. The van der Waals surface area contributed by atoms with Crippen LogP contribution in [-0.2, 0) is 0 Å². The first-order valence-corrected chi connectivity index (χ1v) is 5.25. The van der Waals surface area contributed by atoms with Gasteiger partial charge in [-0.15, -0.1) is 0 Å². The van der Waals surface area contributed by atoms with Crippen molar-refractivity contribution in [2.45, 2.75) is 13.8 Å². The number of allylic oxidation sites excluding steroid dienone is 1. The van der Waals surface area contributed by atoms with Crippen LogP contribution < -0.4 is 10.9 Å². The van der Waals surface area contributed by atoms with Gasteiger partial charge in [-0.1, -0.05) is 17.7 Å². The van der Waals surface area contributed by atoms with E-state index >= 15 is 0 Å². The summed E-state index contributed by atoms with van der Waals surface area (Å²) in [6.45, 7) is 3.81. The standard InChI is InChI=1S/C12H11ClN4/c1-8-3-4-11(9(2)12(8)13)17-16-7-10(5-14)6-15/h3-4,7,16-17H,1-2H3. The lowest BCUT2D eigenvalue weighted by atomic mass is 10.1. The molecule has 1 aromatic rings. The summed E-state index contributed by atoms with van der Waals surface area (Å²) in [5.41, 5.74) is 8.24. The van der Waals surface area contributed by atoms with Crippen LogP contribution in [-0.4, -0.2) is 0 Å². The second kappa shape index (κ2) is 5.79. The Kier molecular flexibility index (Phi) is 4.39. The van der Waals surface area contributed by atoms with E-state index in [2.05, 4.69) is 10.9 Å². The molecule has 0 saturated carbocycles. The Labute approximate surface area is 105 Å². The molecule has 0 unspecified atom stereocenters. The average Bonchev–Trinajstić information content (AvgIpc) is 2.34. The predicted molar refractivity (Wildman–Crippen MR) is 67.0 cm³/mol. The summed E-state index contributed by atoms with van der Waals surface area (Å²) in [6, 6.07) is 7.25. The van der Waals surface area contributed by atoms with E-state index in [1.54, 1.807) is 12.1 Å². The zero-order valence-electron chi connectivity index (χ0n) is 9.50. The maximum absolute atomic E-state index is 8.53. The summed E-state index contributed by atoms with van der Waals surface area (Å²) < 4.78 is 0. The van der Waals surface area contributed by atoms with E-state index in [1.165, 1.54) is 6.20 Å². The lowest BCUT2D eigenvalue weighted by Crippen LogP contribution is -2.16. The van der Waals surface area contributed by atoms with Crippen LogP contribution in [0.3, 0.4) is 0 Å². The van der Waals surface area contributed by atoms with Crippen molar-refractivity contribution in [2.24, 2.45) is 0 Å². The molecule has 0 aromatic heterocycles. The average molecular weight is 247 g/mol. The first-order valence-electron chi connectivity index (χ1n) is 4.87. The molecule has 0 aliphatic heterocycles. The largest absolute Gasteiger partial charge is 0.306 e. The van der Waals surface area contributed by atoms with Gasteiger partial charge in [-0.3, -0.25) is 0 Å². The molecule has 2 N–H and O–H groups in total. The van der Waals surface area contributed by atoms with E-state index in [9.17, 15) is 0 Å². The zero-order chi connectivity index (χ0) is 12.8. The molecule has 0 radical (unpaired) electrons. The van der Waals surface area contributed by atoms with Crippen molar-refractivity contribution < 1.29 is 0 Å². The predicted octanol–water partition coefficient (Wildman–Crippen LogP) is 2.80. The van der Waals surface area contributed by atoms with Crippen LogP contribution in [0.5, 0.6) is 0 Å². The Balaban J connectivity index is 2.79. The van der Waals surface area contributed by atoms with E-state index in [0.29, 0.717) is 5.02 Å². The Morgan fingerprint density at radius 2 is 1.94 bits per heavy atom. The minimum absolute atomic E-state index is 0.00615. The number of benzene rings is 1. The highest BCUT2D eigenvalue weighted by atomic mass is 35.5. The Bertz CT molecular complexity index is 519. The highest BCUT2D eigenvalue weighted by molar-refractivity contribution is 6.32. The van der Waals surface area contributed by atoms with Crippen LogP contribution >= 0.6 is 11.6 Å². The third-order valence-corrected chi connectivity index (χ3v) is 2.83. The number of nitrogens with zero attached hydrogens (tertiary/aromatic N) is 2. The quantitative estimate of drug-likeness (QED) is 0.635. The van der Waals surface area contributed by atoms with Gasteiger partial charge in [0.1, 0.15) is 17.7 Å².